The molecule has 2 aromatic carbocycles. The summed E-state index contributed by atoms with van der Waals surface area (Å²) in [5.41, 5.74) is 2.15. The Balaban J connectivity index is 1.91. The summed E-state index contributed by atoms with van der Waals surface area (Å²) in [6.07, 6.45) is 1.41. The molecule has 0 saturated carbocycles. The fourth-order valence-corrected chi connectivity index (χ4v) is 4.77. The second kappa shape index (κ2) is 11.9. The maximum atomic E-state index is 13.4. The van der Waals surface area contributed by atoms with Crippen molar-refractivity contribution in [2.45, 2.75) is 44.2 Å². The van der Waals surface area contributed by atoms with Crippen LogP contribution in [0.1, 0.15) is 25.1 Å². The minimum atomic E-state index is -4.04. The first-order valence-electron chi connectivity index (χ1n) is 11.6. The van der Waals surface area contributed by atoms with Crippen LogP contribution in [0.3, 0.4) is 0 Å². The second-order valence-corrected chi connectivity index (χ2v) is 10.5. The standard InChI is InChI=1S/C27H31N3O5S/c1-5-16-35-27(32)25(18(2)3)29-26(31)24(30-36(33,34)22-14-10-19(4)11-15-22)17-21-13-12-20-8-6-7-9-23(20)28-21/h5-15,18,24-25,30H,1,16-17H2,2-4H3,(H,29,31). The van der Waals surface area contributed by atoms with E-state index in [0.717, 1.165) is 16.5 Å². The quantitative estimate of drug-likeness (QED) is 0.303. The molecule has 1 amide bonds. The van der Waals surface area contributed by atoms with Gasteiger partial charge >= 0.3 is 5.97 Å². The van der Waals surface area contributed by atoms with Crippen LogP contribution in [-0.2, 0) is 30.8 Å². The van der Waals surface area contributed by atoms with E-state index in [1.165, 1.54) is 18.2 Å². The maximum absolute atomic E-state index is 13.4. The lowest BCUT2D eigenvalue weighted by atomic mass is 10.0. The van der Waals surface area contributed by atoms with E-state index >= 15 is 0 Å². The Hall–Kier alpha value is -3.56. The van der Waals surface area contributed by atoms with Crippen molar-refractivity contribution in [3.8, 4) is 0 Å². The predicted octanol–water partition coefficient (Wildman–Crippen LogP) is 3.30. The van der Waals surface area contributed by atoms with Crippen molar-refractivity contribution >= 4 is 32.8 Å². The van der Waals surface area contributed by atoms with Gasteiger partial charge in [-0.15, -0.1) is 0 Å². The van der Waals surface area contributed by atoms with Gasteiger partial charge in [-0.2, -0.15) is 4.72 Å². The average Bonchev–Trinajstić information content (AvgIpc) is 2.85. The van der Waals surface area contributed by atoms with Crippen molar-refractivity contribution in [2.75, 3.05) is 6.61 Å². The van der Waals surface area contributed by atoms with Crippen molar-refractivity contribution in [2.24, 2.45) is 5.92 Å². The summed E-state index contributed by atoms with van der Waals surface area (Å²) in [5, 5.41) is 3.59. The van der Waals surface area contributed by atoms with Gasteiger partial charge in [0.2, 0.25) is 15.9 Å². The van der Waals surface area contributed by atoms with E-state index in [2.05, 4.69) is 21.6 Å². The number of pyridine rings is 1. The highest BCUT2D eigenvalue weighted by molar-refractivity contribution is 7.89. The fourth-order valence-electron chi connectivity index (χ4n) is 3.57. The molecule has 9 heteroatoms. The third-order valence-electron chi connectivity index (χ3n) is 5.58. The minimum Gasteiger partial charge on any atom is -0.460 e. The molecule has 0 aliphatic heterocycles. The molecule has 2 unspecified atom stereocenters. The Morgan fingerprint density at radius 2 is 1.75 bits per heavy atom. The lowest BCUT2D eigenvalue weighted by Crippen LogP contribution is -2.54. The summed E-state index contributed by atoms with van der Waals surface area (Å²) in [5.74, 6) is -1.57. The predicted molar refractivity (Wildman–Crippen MR) is 139 cm³/mol. The number of benzene rings is 2. The first-order chi connectivity index (χ1) is 17.1. The number of hydrogen-bond acceptors (Lipinski definition) is 6. The van der Waals surface area contributed by atoms with Crippen molar-refractivity contribution in [3.05, 3.63) is 84.6 Å². The lowest BCUT2D eigenvalue weighted by molar-refractivity contribution is -0.148. The molecule has 1 heterocycles. The number of sulfonamides is 1. The van der Waals surface area contributed by atoms with Crippen LogP contribution >= 0.6 is 0 Å². The monoisotopic (exact) mass is 509 g/mol. The van der Waals surface area contributed by atoms with Gasteiger partial charge in [-0.3, -0.25) is 9.78 Å². The molecular formula is C27H31N3O5S. The number of rotatable bonds is 11. The average molecular weight is 510 g/mol. The zero-order valence-electron chi connectivity index (χ0n) is 20.6. The van der Waals surface area contributed by atoms with Gasteiger partial charge in [0.1, 0.15) is 18.7 Å². The normalized spacial score (nSPS) is 13.2. The number of hydrogen-bond donors (Lipinski definition) is 2. The number of para-hydroxylation sites is 1. The van der Waals surface area contributed by atoms with Gasteiger partial charge in [-0.25, -0.2) is 13.2 Å². The molecule has 0 saturated heterocycles. The van der Waals surface area contributed by atoms with E-state index in [4.69, 9.17) is 4.74 Å². The van der Waals surface area contributed by atoms with E-state index < -0.39 is 34.0 Å². The van der Waals surface area contributed by atoms with E-state index in [0.29, 0.717) is 5.69 Å². The molecular weight excluding hydrogens is 478 g/mol. The van der Waals surface area contributed by atoms with Crippen LogP contribution in [0.5, 0.6) is 0 Å². The second-order valence-electron chi connectivity index (χ2n) is 8.84. The molecule has 0 bridgehead atoms. The summed E-state index contributed by atoms with van der Waals surface area (Å²) in [4.78, 5) is 30.5. The molecule has 36 heavy (non-hydrogen) atoms. The zero-order chi connectivity index (χ0) is 26.3. The van der Waals surface area contributed by atoms with Gasteiger partial charge in [-0.1, -0.05) is 68.5 Å². The summed E-state index contributed by atoms with van der Waals surface area (Å²) in [7, 11) is -4.04. The van der Waals surface area contributed by atoms with Crippen molar-refractivity contribution in [1.82, 2.24) is 15.0 Å². The van der Waals surface area contributed by atoms with Gasteiger partial charge in [-0.05, 0) is 37.1 Å². The van der Waals surface area contributed by atoms with E-state index in [1.54, 1.807) is 32.0 Å². The molecule has 190 valence electrons. The molecule has 0 radical (unpaired) electrons. The highest BCUT2D eigenvalue weighted by Gasteiger charge is 2.32. The number of nitrogens with one attached hydrogen (secondary N) is 2. The Labute approximate surface area is 211 Å². The van der Waals surface area contributed by atoms with Crippen molar-refractivity contribution in [1.29, 1.82) is 0 Å². The highest BCUT2D eigenvalue weighted by Crippen LogP contribution is 2.16. The van der Waals surface area contributed by atoms with Gasteiger partial charge in [0.05, 0.1) is 10.4 Å². The number of nitrogens with zero attached hydrogens (tertiary/aromatic N) is 1. The van der Waals surface area contributed by atoms with Crippen molar-refractivity contribution < 1.29 is 22.7 Å². The Kier molecular flexibility index (Phi) is 8.95. The van der Waals surface area contributed by atoms with Crippen LogP contribution in [0.2, 0.25) is 0 Å². The molecule has 8 nitrogen and oxygen atoms in total. The molecule has 0 aliphatic carbocycles. The third-order valence-corrected chi connectivity index (χ3v) is 7.06. The zero-order valence-corrected chi connectivity index (χ0v) is 21.4. The first-order valence-corrected chi connectivity index (χ1v) is 13.1. The SMILES string of the molecule is C=CCOC(=O)C(NC(=O)C(Cc1ccc2ccccc2n1)NS(=O)(=O)c1ccc(C)cc1)C(C)C. The third kappa shape index (κ3) is 6.99. The van der Waals surface area contributed by atoms with Crippen LogP contribution in [-0.4, -0.2) is 44.0 Å². The van der Waals surface area contributed by atoms with Crippen molar-refractivity contribution in [3.63, 3.8) is 0 Å². The number of amides is 1. The van der Waals surface area contributed by atoms with Crippen LogP contribution in [0, 0.1) is 12.8 Å². The molecule has 1 aromatic heterocycles. The lowest BCUT2D eigenvalue weighted by Gasteiger charge is -2.24. The number of esters is 1. The Morgan fingerprint density at radius 3 is 2.42 bits per heavy atom. The summed E-state index contributed by atoms with van der Waals surface area (Å²) < 4.78 is 33.9. The van der Waals surface area contributed by atoms with Crippen LogP contribution < -0.4 is 10.0 Å². The number of carbonyl (C=O) groups excluding carboxylic acids is 2. The smallest absolute Gasteiger partial charge is 0.329 e. The van der Waals surface area contributed by atoms with Crippen LogP contribution in [0.25, 0.3) is 10.9 Å². The molecule has 2 N–H and O–H groups in total. The highest BCUT2D eigenvalue weighted by atomic mass is 32.2. The number of fused-ring (bicyclic) bond motifs is 1. The molecule has 2 atom stereocenters. The fraction of sp³-hybridized carbons (Fsp3) is 0.296. The van der Waals surface area contributed by atoms with Crippen LogP contribution in [0.15, 0.2) is 78.2 Å². The topological polar surface area (TPSA) is 114 Å². The number of ether oxygens (including phenoxy) is 1. The van der Waals surface area contributed by atoms with Gasteiger partial charge < -0.3 is 10.1 Å². The first kappa shape index (κ1) is 27.0. The van der Waals surface area contributed by atoms with E-state index in [9.17, 15) is 18.0 Å². The van der Waals surface area contributed by atoms with Crippen LogP contribution in [0.4, 0.5) is 0 Å². The minimum absolute atomic E-state index is 0.00240. The molecule has 0 aliphatic rings. The number of aromatic nitrogens is 1. The van der Waals surface area contributed by atoms with Gasteiger partial charge in [0, 0.05) is 17.5 Å². The number of carbonyl (C=O) groups is 2. The summed E-state index contributed by atoms with van der Waals surface area (Å²) in [6.45, 7) is 8.89. The molecule has 0 spiro atoms. The Morgan fingerprint density at radius 1 is 1.06 bits per heavy atom. The molecule has 0 fully saturated rings. The molecule has 3 rings (SSSR count). The summed E-state index contributed by atoms with van der Waals surface area (Å²) in [6, 6.07) is 15.2. The summed E-state index contributed by atoms with van der Waals surface area (Å²) >= 11 is 0. The van der Waals surface area contributed by atoms with E-state index in [1.807, 2.05) is 37.3 Å². The largest absolute Gasteiger partial charge is 0.460 e. The molecule has 3 aromatic rings. The number of aryl methyl sites for hydroxylation is 1. The van der Waals surface area contributed by atoms with Gasteiger partial charge in [0.15, 0.2) is 0 Å². The maximum Gasteiger partial charge on any atom is 0.329 e. The van der Waals surface area contributed by atoms with Gasteiger partial charge in [0.25, 0.3) is 0 Å². The Bertz CT molecular complexity index is 1340. The van der Waals surface area contributed by atoms with E-state index in [-0.39, 0.29) is 23.8 Å².